The SMILES string of the molecule is CCCC(C)COC(C)CC(C)(NC)C(N)=O. The predicted molar refractivity (Wildman–Crippen MR) is 70.8 cm³/mol. The van der Waals surface area contributed by atoms with Gasteiger partial charge in [0.25, 0.3) is 0 Å². The number of likely N-dealkylation sites (N-methyl/N-ethyl adjacent to an activating group) is 1. The fourth-order valence-corrected chi connectivity index (χ4v) is 1.86. The molecular weight excluding hydrogens is 216 g/mol. The quantitative estimate of drug-likeness (QED) is 0.648. The normalized spacial score (nSPS) is 18.4. The molecular formula is C13H28N2O2. The van der Waals surface area contributed by atoms with E-state index < -0.39 is 5.54 Å². The van der Waals surface area contributed by atoms with Crippen LogP contribution in [0.3, 0.4) is 0 Å². The third-order valence-corrected chi connectivity index (χ3v) is 3.24. The number of ether oxygens (including phenoxy) is 1. The lowest BCUT2D eigenvalue weighted by atomic mass is 9.94. The van der Waals surface area contributed by atoms with Crippen molar-refractivity contribution in [3.05, 3.63) is 0 Å². The lowest BCUT2D eigenvalue weighted by molar-refractivity contribution is -0.125. The zero-order valence-corrected chi connectivity index (χ0v) is 11.9. The monoisotopic (exact) mass is 244 g/mol. The molecule has 3 atom stereocenters. The van der Waals surface area contributed by atoms with Gasteiger partial charge in [0, 0.05) is 13.0 Å². The van der Waals surface area contributed by atoms with E-state index in [1.54, 1.807) is 7.05 Å². The Kier molecular flexibility index (Phi) is 7.39. The number of primary amides is 1. The molecule has 0 aromatic rings. The summed E-state index contributed by atoms with van der Waals surface area (Å²) in [6.45, 7) is 8.89. The van der Waals surface area contributed by atoms with Gasteiger partial charge in [0.1, 0.15) is 0 Å². The largest absolute Gasteiger partial charge is 0.378 e. The number of rotatable bonds is 9. The second-order valence-corrected chi connectivity index (χ2v) is 5.19. The van der Waals surface area contributed by atoms with Crippen LogP contribution in [-0.2, 0) is 9.53 Å². The number of hydrogen-bond donors (Lipinski definition) is 2. The van der Waals surface area contributed by atoms with Crippen molar-refractivity contribution >= 4 is 5.91 Å². The van der Waals surface area contributed by atoms with Crippen molar-refractivity contribution in [2.75, 3.05) is 13.7 Å². The Morgan fingerprint density at radius 1 is 1.47 bits per heavy atom. The zero-order chi connectivity index (χ0) is 13.5. The van der Waals surface area contributed by atoms with E-state index in [1.165, 1.54) is 12.8 Å². The summed E-state index contributed by atoms with van der Waals surface area (Å²) in [6.07, 6.45) is 2.97. The first-order valence-electron chi connectivity index (χ1n) is 6.46. The molecule has 0 aromatic heterocycles. The second kappa shape index (κ2) is 7.67. The summed E-state index contributed by atoms with van der Waals surface area (Å²) in [4.78, 5) is 11.3. The molecule has 3 N–H and O–H groups in total. The maximum atomic E-state index is 11.3. The number of amides is 1. The molecule has 0 heterocycles. The fraction of sp³-hybridized carbons (Fsp3) is 0.923. The summed E-state index contributed by atoms with van der Waals surface area (Å²) < 4.78 is 5.76. The van der Waals surface area contributed by atoms with Gasteiger partial charge in [0.15, 0.2) is 0 Å². The number of nitrogens with two attached hydrogens (primary N) is 1. The molecule has 0 aliphatic rings. The number of carbonyl (C=O) groups excluding carboxylic acids is 1. The molecule has 17 heavy (non-hydrogen) atoms. The van der Waals surface area contributed by atoms with Crippen LogP contribution in [0.25, 0.3) is 0 Å². The van der Waals surface area contributed by atoms with Gasteiger partial charge in [-0.15, -0.1) is 0 Å². The third kappa shape index (κ3) is 6.03. The minimum absolute atomic E-state index is 0.0271. The number of hydrogen-bond acceptors (Lipinski definition) is 3. The van der Waals surface area contributed by atoms with E-state index in [2.05, 4.69) is 19.2 Å². The lowest BCUT2D eigenvalue weighted by Gasteiger charge is -2.29. The van der Waals surface area contributed by atoms with E-state index in [4.69, 9.17) is 10.5 Å². The molecule has 102 valence electrons. The van der Waals surface area contributed by atoms with Crippen molar-refractivity contribution in [1.82, 2.24) is 5.32 Å². The van der Waals surface area contributed by atoms with Crippen LogP contribution in [0, 0.1) is 5.92 Å². The molecule has 0 aliphatic carbocycles. The molecule has 0 bridgehead atoms. The van der Waals surface area contributed by atoms with Gasteiger partial charge >= 0.3 is 0 Å². The topological polar surface area (TPSA) is 64.3 Å². The summed E-state index contributed by atoms with van der Waals surface area (Å²) in [5.74, 6) is 0.230. The van der Waals surface area contributed by atoms with Gasteiger partial charge in [0.05, 0.1) is 11.6 Å². The molecule has 0 radical (unpaired) electrons. The third-order valence-electron chi connectivity index (χ3n) is 3.24. The highest BCUT2D eigenvalue weighted by Gasteiger charge is 2.31. The molecule has 0 aromatic carbocycles. The van der Waals surface area contributed by atoms with Crippen molar-refractivity contribution in [3.63, 3.8) is 0 Å². The van der Waals surface area contributed by atoms with Crippen molar-refractivity contribution in [2.24, 2.45) is 11.7 Å². The van der Waals surface area contributed by atoms with Crippen molar-refractivity contribution in [2.45, 2.75) is 58.6 Å². The Labute approximate surface area is 105 Å². The Bertz CT molecular complexity index is 233. The summed E-state index contributed by atoms with van der Waals surface area (Å²) in [5.41, 5.74) is 4.69. The van der Waals surface area contributed by atoms with Gasteiger partial charge < -0.3 is 15.8 Å². The summed E-state index contributed by atoms with van der Waals surface area (Å²) in [5, 5.41) is 2.97. The number of nitrogens with one attached hydrogen (secondary N) is 1. The van der Waals surface area contributed by atoms with E-state index in [1.807, 2.05) is 13.8 Å². The molecule has 0 saturated heterocycles. The summed E-state index contributed by atoms with van der Waals surface area (Å²) in [6, 6.07) is 0. The van der Waals surface area contributed by atoms with Crippen LogP contribution < -0.4 is 11.1 Å². The Balaban J connectivity index is 4.07. The first-order chi connectivity index (χ1) is 7.85. The molecule has 1 amide bonds. The highest BCUT2D eigenvalue weighted by atomic mass is 16.5. The predicted octanol–water partition coefficient (Wildman–Crippen LogP) is 1.68. The minimum Gasteiger partial charge on any atom is -0.378 e. The van der Waals surface area contributed by atoms with Crippen LogP contribution in [0.4, 0.5) is 0 Å². The van der Waals surface area contributed by atoms with Gasteiger partial charge in [-0.2, -0.15) is 0 Å². The standard InChI is InChI=1S/C13H28N2O2/c1-6-7-10(2)9-17-11(3)8-13(4,15-5)12(14)16/h10-11,15H,6-9H2,1-5H3,(H2,14,16). The van der Waals surface area contributed by atoms with Crippen LogP contribution in [0.5, 0.6) is 0 Å². The maximum absolute atomic E-state index is 11.3. The Morgan fingerprint density at radius 2 is 2.06 bits per heavy atom. The minimum atomic E-state index is -0.687. The van der Waals surface area contributed by atoms with Gasteiger partial charge in [0.2, 0.25) is 5.91 Å². The zero-order valence-electron chi connectivity index (χ0n) is 11.9. The van der Waals surface area contributed by atoms with Crippen molar-refractivity contribution < 1.29 is 9.53 Å². The molecule has 3 unspecified atom stereocenters. The summed E-state index contributed by atoms with van der Waals surface area (Å²) >= 11 is 0. The van der Waals surface area contributed by atoms with Gasteiger partial charge in [-0.05, 0) is 33.2 Å². The van der Waals surface area contributed by atoms with Gasteiger partial charge in [-0.25, -0.2) is 0 Å². The van der Waals surface area contributed by atoms with E-state index in [9.17, 15) is 4.79 Å². The molecule has 0 spiro atoms. The highest BCUT2D eigenvalue weighted by Crippen LogP contribution is 2.15. The first kappa shape index (κ1) is 16.4. The lowest BCUT2D eigenvalue weighted by Crippen LogP contribution is -2.53. The first-order valence-corrected chi connectivity index (χ1v) is 6.46. The summed E-state index contributed by atoms with van der Waals surface area (Å²) in [7, 11) is 1.75. The molecule has 0 saturated carbocycles. The van der Waals surface area contributed by atoms with E-state index >= 15 is 0 Å². The van der Waals surface area contributed by atoms with Gasteiger partial charge in [-0.3, -0.25) is 4.79 Å². The molecule has 4 nitrogen and oxygen atoms in total. The Hall–Kier alpha value is -0.610. The molecule has 0 rings (SSSR count). The number of carbonyl (C=O) groups is 1. The smallest absolute Gasteiger partial charge is 0.237 e. The van der Waals surface area contributed by atoms with Crippen LogP contribution in [-0.4, -0.2) is 31.2 Å². The van der Waals surface area contributed by atoms with Crippen molar-refractivity contribution in [1.29, 1.82) is 0 Å². The molecule has 4 heteroatoms. The van der Waals surface area contributed by atoms with E-state index in [0.29, 0.717) is 12.3 Å². The van der Waals surface area contributed by atoms with E-state index in [-0.39, 0.29) is 12.0 Å². The fourth-order valence-electron chi connectivity index (χ4n) is 1.86. The van der Waals surface area contributed by atoms with Crippen LogP contribution in [0.1, 0.15) is 47.0 Å². The second-order valence-electron chi connectivity index (χ2n) is 5.19. The van der Waals surface area contributed by atoms with Gasteiger partial charge in [-0.1, -0.05) is 20.3 Å². The average molecular weight is 244 g/mol. The highest BCUT2D eigenvalue weighted by molar-refractivity contribution is 5.84. The van der Waals surface area contributed by atoms with Crippen LogP contribution in [0.2, 0.25) is 0 Å². The van der Waals surface area contributed by atoms with Crippen molar-refractivity contribution in [3.8, 4) is 0 Å². The van der Waals surface area contributed by atoms with Crippen LogP contribution in [0.15, 0.2) is 0 Å². The van der Waals surface area contributed by atoms with Crippen LogP contribution >= 0.6 is 0 Å². The molecule has 0 fully saturated rings. The van der Waals surface area contributed by atoms with E-state index in [0.717, 1.165) is 6.61 Å². The molecule has 0 aliphatic heterocycles. The average Bonchev–Trinajstić information content (AvgIpc) is 2.26. The maximum Gasteiger partial charge on any atom is 0.237 e. The Morgan fingerprint density at radius 3 is 2.47 bits per heavy atom.